The molecule has 0 amide bonds. The predicted molar refractivity (Wildman–Crippen MR) is 123 cm³/mol. The molecule has 1 aliphatic carbocycles. The second-order valence-corrected chi connectivity index (χ2v) is 9.05. The summed E-state index contributed by atoms with van der Waals surface area (Å²) in [7, 11) is 3.86. The summed E-state index contributed by atoms with van der Waals surface area (Å²) in [5.41, 5.74) is 6.63. The number of hydrogen-bond donors (Lipinski definition) is 1. The van der Waals surface area contributed by atoms with Crippen molar-refractivity contribution in [2.75, 3.05) is 20.7 Å². The van der Waals surface area contributed by atoms with Crippen LogP contribution in [0.15, 0.2) is 36.4 Å². The number of rotatable bonds is 3. The van der Waals surface area contributed by atoms with Crippen LogP contribution in [-0.2, 0) is 13.1 Å². The second kappa shape index (κ2) is 8.04. The van der Waals surface area contributed by atoms with E-state index in [-0.39, 0.29) is 0 Å². The first-order valence-electron chi connectivity index (χ1n) is 11.3. The van der Waals surface area contributed by atoms with E-state index in [1.54, 1.807) is 13.2 Å². The number of aromatic carboxylic acids is 1. The molecule has 3 aromatic rings. The monoisotopic (exact) mass is 418 g/mol. The number of ether oxygens (including phenoxy) is 1. The Bertz CT molecular complexity index is 1140. The van der Waals surface area contributed by atoms with Gasteiger partial charge in [-0.05, 0) is 67.3 Å². The van der Waals surface area contributed by atoms with Crippen LogP contribution in [0.4, 0.5) is 0 Å². The molecule has 1 fully saturated rings. The first kappa shape index (κ1) is 20.1. The molecule has 0 spiro atoms. The number of aromatic nitrogens is 1. The zero-order valence-corrected chi connectivity index (χ0v) is 18.4. The van der Waals surface area contributed by atoms with Crippen molar-refractivity contribution in [1.29, 1.82) is 0 Å². The van der Waals surface area contributed by atoms with E-state index in [0.717, 1.165) is 30.9 Å². The lowest BCUT2D eigenvalue weighted by molar-refractivity contribution is 0.0697. The maximum absolute atomic E-state index is 11.7. The summed E-state index contributed by atoms with van der Waals surface area (Å²) >= 11 is 0. The van der Waals surface area contributed by atoms with Gasteiger partial charge in [0.15, 0.2) is 0 Å². The van der Waals surface area contributed by atoms with Crippen molar-refractivity contribution in [1.82, 2.24) is 9.47 Å². The quantitative estimate of drug-likeness (QED) is 0.609. The lowest BCUT2D eigenvalue weighted by Crippen LogP contribution is -2.26. The average molecular weight is 419 g/mol. The average Bonchev–Trinajstić information content (AvgIpc) is 3.10. The van der Waals surface area contributed by atoms with E-state index in [9.17, 15) is 9.90 Å². The van der Waals surface area contributed by atoms with Gasteiger partial charge in [-0.3, -0.25) is 0 Å². The van der Waals surface area contributed by atoms with Crippen molar-refractivity contribution < 1.29 is 14.6 Å². The van der Waals surface area contributed by atoms with E-state index in [0.29, 0.717) is 11.5 Å². The Kier molecular flexibility index (Phi) is 5.22. The molecule has 1 aliphatic heterocycles. The number of carbonyl (C=O) groups is 1. The van der Waals surface area contributed by atoms with E-state index < -0.39 is 5.97 Å². The van der Waals surface area contributed by atoms with Gasteiger partial charge in [-0.15, -0.1) is 0 Å². The SMILES string of the molecule is COc1ccc2c(c1)CN(C)CCn1c-2c(C2CCCCC2)c2ccc(C(=O)O)cc21. The number of hydrogen-bond acceptors (Lipinski definition) is 3. The van der Waals surface area contributed by atoms with Gasteiger partial charge in [0.1, 0.15) is 5.75 Å². The number of likely N-dealkylation sites (N-methyl/N-ethyl adjacent to an activating group) is 1. The third kappa shape index (κ3) is 3.51. The van der Waals surface area contributed by atoms with Crippen LogP contribution in [0.2, 0.25) is 0 Å². The smallest absolute Gasteiger partial charge is 0.335 e. The van der Waals surface area contributed by atoms with Crippen molar-refractivity contribution in [2.24, 2.45) is 0 Å². The summed E-state index contributed by atoms with van der Waals surface area (Å²) in [4.78, 5) is 14.1. The summed E-state index contributed by atoms with van der Waals surface area (Å²) in [5.74, 6) is 0.530. The molecule has 0 radical (unpaired) electrons. The highest BCUT2D eigenvalue weighted by molar-refractivity contribution is 5.98. The minimum Gasteiger partial charge on any atom is -0.497 e. The van der Waals surface area contributed by atoms with Gasteiger partial charge in [0.2, 0.25) is 0 Å². The zero-order valence-electron chi connectivity index (χ0n) is 18.4. The Morgan fingerprint density at radius 3 is 2.61 bits per heavy atom. The lowest BCUT2D eigenvalue weighted by atomic mass is 9.81. The standard InChI is InChI=1S/C26H30N2O3/c1-27-12-13-28-23-15-18(26(29)30)8-10-22(23)24(17-6-4-3-5-7-17)25(28)21-11-9-20(31-2)14-19(21)16-27/h8-11,14-15,17H,3-7,12-13,16H2,1-2H3,(H,29,30). The molecule has 2 aliphatic rings. The van der Waals surface area contributed by atoms with Gasteiger partial charge in [0.25, 0.3) is 0 Å². The number of fused-ring (bicyclic) bond motifs is 5. The van der Waals surface area contributed by atoms with Crippen LogP contribution < -0.4 is 4.74 Å². The lowest BCUT2D eigenvalue weighted by Gasteiger charge is -2.28. The van der Waals surface area contributed by atoms with Crippen LogP contribution in [0.1, 0.15) is 59.5 Å². The van der Waals surface area contributed by atoms with E-state index >= 15 is 0 Å². The van der Waals surface area contributed by atoms with Gasteiger partial charge in [-0.25, -0.2) is 4.79 Å². The van der Waals surface area contributed by atoms with Crippen LogP contribution in [0.3, 0.4) is 0 Å². The zero-order chi connectivity index (χ0) is 21.5. The normalized spacial score (nSPS) is 17.6. The van der Waals surface area contributed by atoms with E-state index in [1.165, 1.54) is 59.9 Å². The van der Waals surface area contributed by atoms with Crippen molar-refractivity contribution in [3.8, 4) is 17.0 Å². The minimum absolute atomic E-state index is 0.355. The second-order valence-electron chi connectivity index (χ2n) is 9.05. The maximum atomic E-state index is 11.7. The topological polar surface area (TPSA) is 54.7 Å². The van der Waals surface area contributed by atoms with Crippen molar-refractivity contribution in [3.05, 3.63) is 53.1 Å². The molecule has 1 saturated carbocycles. The molecule has 5 nitrogen and oxygen atoms in total. The maximum Gasteiger partial charge on any atom is 0.335 e. The Morgan fingerprint density at radius 1 is 1.06 bits per heavy atom. The van der Waals surface area contributed by atoms with Gasteiger partial charge in [0, 0.05) is 36.1 Å². The van der Waals surface area contributed by atoms with Gasteiger partial charge in [-0.1, -0.05) is 25.3 Å². The molecule has 162 valence electrons. The Morgan fingerprint density at radius 2 is 1.87 bits per heavy atom. The predicted octanol–water partition coefficient (Wildman–Crippen LogP) is 5.51. The molecule has 31 heavy (non-hydrogen) atoms. The summed E-state index contributed by atoms with van der Waals surface area (Å²) in [6.07, 6.45) is 6.26. The van der Waals surface area contributed by atoms with Crippen LogP contribution in [0.25, 0.3) is 22.2 Å². The fraction of sp³-hybridized carbons (Fsp3) is 0.423. The number of benzene rings is 2. The van der Waals surface area contributed by atoms with Crippen LogP contribution in [0, 0.1) is 0 Å². The Hall–Kier alpha value is -2.79. The summed E-state index contributed by atoms with van der Waals surface area (Å²) in [5, 5.41) is 10.9. The van der Waals surface area contributed by atoms with E-state index in [2.05, 4.69) is 34.7 Å². The minimum atomic E-state index is -0.871. The van der Waals surface area contributed by atoms with Crippen molar-refractivity contribution in [3.63, 3.8) is 0 Å². The first-order valence-corrected chi connectivity index (χ1v) is 11.3. The molecule has 0 saturated heterocycles. The first-order chi connectivity index (χ1) is 15.1. The molecule has 5 rings (SSSR count). The van der Waals surface area contributed by atoms with Gasteiger partial charge >= 0.3 is 5.97 Å². The van der Waals surface area contributed by atoms with Crippen LogP contribution in [-0.4, -0.2) is 41.2 Å². The largest absolute Gasteiger partial charge is 0.497 e. The molecule has 0 unspecified atom stereocenters. The summed E-state index contributed by atoms with van der Waals surface area (Å²) in [6.45, 7) is 2.64. The molecule has 1 aromatic heterocycles. The van der Waals surface area contributed by atoms with Crippen LogP contribution >= 0.6 is 0 Å². The molecule has 0 bridgehead atoms. The number of methoxy groups -OCH3 is 1. The van der Waals surface area contributed by atoms with Crippen molar-refractivity contribution in [2.45, 2.75) is 51.1 Å². The third-order valence-corrected chi connectivity index (χ3v) is 7.08. The number of carboxylic acid groups (broad SMARTS) is 1. The molecule has 5 heteroatoms. The Balaban J connectivity index is 1.83. The molecule has 1 N–H and O–H groups in total. The highest BCUT2D eigenvalue weighted by atomic mass is 16.5. The highest BCUT2D eigenvalue weighted by Crippen LogP contribution is 2.46. The van der Waals surface area contributed by atoms with Crippen molar-refractivity contribution >= 4 is 16.9 Å². The van der Waals surface area contributed by atoms with E-state index in [4.69, 9.17) is 4.74 Å². The van der Waals surface area contributed by atoms with Gasteiger partial charge in [0.05, 0.1) is 18.4 Å². The summed E-state index contributed by atoms with van der Waals surface area (Å²) < 4.78 is 7.91. The number of carboxylic acids is 1. The highest BCUT2D eigenvalue weighted by Gasteiger charge is 2.29. The fourth-order valence-corrected chi connectivity index (χ4v) is 5.54. The number of nitrogens with zero attached hydrogens (tertiary/aromatic N) is 2. The molecule has 2 aromatic carbocycles. The third-order valence-electron chi connectivity index (χ3n) is 7.08. The molecular weight excluding hydrogens is 388 g/mol. The fourth-order valence-electron chi connectivity index (χ4n) is 5.54. The summed E-state index contributed by atoms with van der Waals surface area (Å²) in [6, 6.07) is 12.1. The van der Waals surface area contributed by atoms with Gasteiger partial charge < -0.3 is 19.3 Å². The van der Waals surface area contributed by atoms with E-state index in [1.807, 2.05) is 12.1 Å². The van der Waals surface area contributed by atoms with Crippen LogP contribution in [0.5, 0.6) is 5.75 Å². The molecular formula is C26H30N2O3. The molecule has 2 heterocycles. The Labute approximate surface area is 183 Å². The molecule has 0 atom stereocenters. The van der Waals surface area contributed by atoms with Gasteiger partial charge in [-0.2, -0.15) is 0 Å².